The molecule has 0 aromatic heterocycles. The minimum atomic E-state index is -3.82. The van der Waals surface area contributed by atoms with Gasteiger partial charge in [-0.3, -0.25) is 0 Å². The van der Waals surface area contributed by atoms with Crippen molar-refractivity contribution in [3.8, 4) is 5.75 Å². The van der Waals surface area contributed by atoms with Crippen molar-refractivity contribution >= 4 is 22.2 Å². The molecule has 0 radical (unpaired) electrons. The lowest BCUT2D eigenvalue weighted by Crippen LogP contribution is -2.49. The fourth-order valence-corrected chi connectivity index (χ4v) is 6.27. The normalized spacial score (nSPS) is 23.8. The van der Waals surface area contributed by atoms with Gasteiger partial charge in [0.15, 0.2) is 0 Å². The fourth-order valence-electron chi connectivity index (χ4n) is 4.44. The van der Waals surface area contributed by atoms with Crippen LogP contribution in [-0.4, -0.2) is 68.2 Å². The number of likely N-dealkylation sites (N-methyl/N-ethyl adjacent to an activating group) is 1. The average Bonchev–Trinajstić information content (AvgIpc) is 3.64. The zero-order valence-corrected chi connectivity index (χ0v) is 21.1. The second-order valence-corrected chi connectivity index (χ2v) is 11.7. The van der Waals surface area contributed by atoms with Crippen LogP contribution in [-0.2, 0) is 10.0 Å². The van der Waals surface area contributed by atoms with E-state index in [0.717, 1.165) is 30.1 Å². The van der Waals surface area contributed by atoms with Crippen molar-refractivity contribution in [1.82, 2.24) is 9.21 Å². The van der Waals surface area contributed by atoms with Crippen LogP contribution in [0.25, 0.3) is 12.2 Å². The van der Waals surface area contributed by atoms with Crippen molar-refractivity contribution in [2.75, 3.05) is 33.3 Å². The van der Waals surface area contributed by atoms with Gasteiger partial charge in [0, 0.05) is 31.6 Å². The number of nitrogens with zero attached hydrogens (tertiary/aromatic N) is 2. The molecule has 0 spiro atoms. The van der Waals surface area contributed by atoms with E-state index in [4.69, 9.17) is 4.74 Å². The first-order valence-electron chi connectivity index (χ1n) is 12.1. The van der Waals surface area contributed by atoms with E-state index < -0.39 is 16.1 Å². The van der Waals surface area contributed by atoms with Gasteiger partial charge < -0.3 is 14.7 Å². The smallest absolute Gasteiger partial charge is 0.247 e. The second kappa shape index (κ2) is 10.6. The first kappa shape index (κ1) is 24.9. The Morgan fingerprint density at radius 2 is 1.82 bits per heavy atom. The van der Waals surface area contributed by atoms with E-state index in [1.54, 1.807) is 19.1 Å². The molecule has 1 heterocycles. The van der Waals surface area contributed by atoms with Gasteiger partial charge in [0.1, 0.15) is 16.7 Å². The van der Waals surface area contributed by atoms with Crippen molar-refractivity contribution in [1.29, 1.82) is 0 Å². The zero-order chi connectivity index (χ0) is 24.3. The molecule has 0 bridgehead atoms. The summed E-state index contributed by atoms with van der Waals surface area (Å²) in [6.07, 6.45) is 6.37. The number of ether oxygens (including phenoxy) is 1. The highest BCUT2D eigenvalue weighted by Gasteiger charge is 2.38. The molecule has 1 N–H and O–H groups in total. The van der Waals surface area contributed by atoms with Crippen molar-refractivity contribution in [3.63, 3.8) is 0 Å². The predicted octanol–water partition coefficient (Wildman–Crippen LogP) is 3.97. The van der Waals surface area contributed by atoms with Crippen molar-refractivity contribution in [2.24, 2.45) is 11.8 Å². The quantitative estimate of drug-likeness (QED) is 0.574. The fraction of sp³-hybridized carbons (Fsp3) is 0.481. The van der Waals surface area contributed by atoms with Gasteiger partial charge in [0.25, 0.3) is 0 Å². The highest BCUT2D eigenvalue weighted by molar-refractivity contribution is 7.89. The maximum absolute atomic E-state index is 13.6. The first-order valence-corrected chi connectivity index (χ1v) is 13.6. The molecule has 1 aliphatic heterocycles. The van der Waals surface area contributed by atoms with Gasteiger partial charge >= 0.3 is 0 Å². The Bertz CT molecular complexity index is 1100. The lowest BCUT2D eigenvalue weighted by atomic mass is 10.0. The average molecular weight is 485 g/mol. The van der Waals surface area contributed by atoms with Gasteiger partial charge in [-0.25, -0.2) is 8.42 Å². The molecule has 7 heteroatoms. The van der Waals surface area contributed by atoms with Crippen molar-refractivity contribution in [2.45, 2.75) is 43.7 Å². The zero-order valence-electron chi connectivity index (χ0n) is 20.3. The third kappa shape index (κ3) is 5.89. The Kier molecular flexibility index (Phi) is 7.77. The van der Waals surface area contributed by atoms with Crippen LogP contribution in [0.15, 0.2) is 53.4 Å². The lowest BCUT2D eigenvalue weighted by molar-refractivity contribution is 0.0740. The number of sulfonamides is 1. The number of benzene rings is 2. The molecule has 2 aliphatic rings. The summed E-state index contributed by atoms with van der Waals surface area (Å²) in [6, 6.07) is 14.7. The molecule has 184 valence electrons. The Morgan fingerprint density at radius 3 is 2.50 bits per heavy atom. The number of hydrogen-bond donors (Lipinski definition) is 1. The first-order chi connectivity index (χ1) is 16.3. The Balaban J connectivity index is 1.69. The van der Waals surface area contributed by atoms with E-state index in [0.29, 0.717) is 12.3 Å². The Hall–Kier alpha value is -2.19. The molecule has 2 aromatic carbocycles. The number of rotatable bonds is 8. The van der Waals surface area contributed by atoms with E-state index >= 15 is 0 Å². The van der Waals surface area contributed by atoms with Crippen LogP contribution >= 0.6 is 0 Å². The predicted molar refractivity (Wildman–Crippen MR) is 136 cm³/mol. The van der Waals surface area contributed by atoms with E-state index in [-0.39, 0.29) is 23.5 Å². The van der Waals surface area contributed by atoms with Crippen molar-refractivity contribution in [3.05, 3.63) is 59.7 Å². The van der Waals surface area contributed by atoms with Crippen LogP contribution in [0.3, 0.4) is 0 Å². The topological polar surface area (TPSA) is 70.1 Å². The number of aliphatic hydroxyl groups excluding tert-OH is 1. The van der Waals surface area contributed by atoms with E-state index in [2.05, 4.69) is 11.9 Å². The molecule has 0 unspecified atom stereocenters. The molecule has 3 atom stereocenters. The van der Waals surface area contributed by atoms with Crippen LogP contribution in [0.4, 0.5) is 0 Å². The molecule has 0 amide bonds. The SMILES string of the molecule is C[C@H](CO)N1C[C@H](C)[C@H](CN(C)CC2CC2)Oc2cc(/C=C/c3ccccc3)ccc2S1(=O)=O. The molecule has 2 aromatic rings. The van der Waals surface area contributed by atoms with Crippen molar-refractivity contribution < 1.29 is 18.3 Å². The Labute approximate surface area is 203 Å². The maximum atomic E-state index is 13.6. The molecule has 1 aliphatic carbocycles. The van der Waals surface area contributed by atoms with E-state index in [1.165, 1.54) is 17.1 Å². The summed E-state index contributed by atoms with van der Waals surface area (Å²) in [5.41, 5.74) is 1.94. The van der Waals surface area contributed by atoms with Crippen LogP contribution in [0.2, 0.25) is 0 Å². The summed E-state index contributed by atoms with van der Waals surface area (Å²) < 4.78 is 35.1. The van der Waals surface area contributed by atoms with Gasteiger partial charge in [-0.1, -0.05) is 55.5 Å². The number of fused-ring (bicyclic) bond motifs is 1. The standard InChI is InChI=1S/C27H36N2O4S/c1-20-16-29(21(2)19-30)34(31,32)27-14-13-23(10-9-22-7-5-4-6-8-22)15-25(27)33-26(20)18-28(3)17-24-11-12-24/h4-10,13-15,20-21,24,26,30H,11-12,16-19H2,1-3H3/b10-9+/t20-,21+,26-/m0/s1. The van der Waals surface area contributed by atoms with Gasteiger partial charge in [0.2, 0.25) is 10.0 Å². The highest BCUT2D eigenvalue weighted by Crippen LogP contribution is 2.35. The third-order valence-corrected chi connectivity index (χ3v) is 8.74. The summed E-state index contributed by atoms with van der Waals surface area (Å²) in [7, 11) is -1.71. The third-order valence-electron chi connectivity index (χ3n) is 6.72. The van der Waals surface area contributed by atoms with E-state index in [9.17, 15) is 13.5 Å². The van der Waals surface area contributed by atoms with Crippen LogP contribution in [0.5, 0.6) is 5.75 Å². The summed E-state index contributed by atoms with van der Waals surface area (Å²) in [4.78, 5) is 2.46. The van der Waals surface area contributed by atoms with Crippen LogP contribution in [0, 0.1) is 11.8 Å². The van der Waals surface area contributed by atoms with Crippen LogP contribution < -0.4 is 4.74 Å². The summed E-state index contributed by atoms with van der Waals surface area (Å²) in [5.74, 6) is 1.10. The van der Waals surface area contributed by atoms with Crippen LogP contribution in [0.1, 0.15) is 37.8 Å². The summed E-state index contributed by atoms with van der Waals surface area (Å²) in [5, 5.41) is 9.80. The molecule has 0 saturated heterocycles. The molecular formula is C27H36N2O4S. The number of aliphatic hydroxyl groups is 1. The minimum Gasteiger partial charge on any atom is -0.487 e. The van der Waals surface area contributed by atoms with Gasteiger partial charge in [-0.2, -0.15) is 4.31 Å². The van der Waals surface area contributed by atoms with Gasteiger partial charge in [-0.05, 0) is 56.0 Å². The molecular weight excluding hydrogens is 448 g/mol. The largest absolute Gasteiger partial charge is 0.487 e. The minimum absolute atomic E-state index is 0.0397. The Morgan fingerprint density at radius 1 is 1.12 bits per heavy atom. The number of hydrogen-bond acceptors (Lipinski definition) is 5. The lowest BCUT2D eigenvalue weighted by Gasteiger charge is -2.37. The van der Waals surface area contributed by atoms with E-state index in [1.807, 2.05) is 55.5 Å². The molecule has 1 fully saturated rings. The highest BCUT2D eigenvalue weighted by atomic mass is 32.2. The molecule has 4 rings (SSSR count). The summed E-state index contributed by atoms with van der Waals surface area (Å²) in [6.45, 7) is 5.62. The summed E-state index contributed by atoms with van der Waals surface area (Å²) >= 11 is 0. The van der Waals surface area contributed by atoms with Gasteiger partial charge in [0.05, 0.1) is 6.61 Å². The monoisotopic (exact) mass is 484 g/mol. The molecule has 34 heavy (non-hydrogen) atoms. The molecule has 1 saturated carbocycles. The molecule has 6 nitrogen and oxygen atoms in total. The van der Waals surface area contributed by atoms with Gasteiger partial charge in [-0.15, -0.1) is 0 Å². The maximum Gasteiger partial charge on any atom is 0.247 e. The second-order valence-electron chi connectivity index (χ2n) is 9.85.